The number of piperidine rings is 1. The first-order valence-corrected chi connectivity index (χ1v) is 5.39. The minimum absolute atomic E-state index is 0. The molecule has 1 aliphatic heterocycles. The second-order valence-electron chi connectivity index (χ2n) is 5.22. The van der Waals surface area contributed by atoms with Gasteiger partial charge in [0.15, 0.2) is 0 Å². The zero-order valence-corrected chi connectivity index (χ0v) is 10.2. The Morgan fingerprint density at radius 2 is 1.92 bits per heavy atom. The average molecular weight is 206 g/mol. The fourth-order valence-electron chi connectivity index (χ4n) is 2.19. The van der Waals surface area contributed by atoms with Crippen molar-refractivity contribution < 1.29 is 17.3 Å². The predicted molar refractivity (Wildman–Crippen MR) is 53.5 cm³/mol. The first kappa shape index (κ1) is 13.2. The number of nitrogens with one attached hydrogen (secondary N) is 1. The maximum atomic E-state index is 2.36. The lowest BCUT2D eigenvalue weighted by Gasteiger charge is -2.38. The quantitative estimate of drug-likeness (QED) is 0.532. The summed E-state index contributed by atoms with van der Waals surface area (Å²) in [6, 6.07) is 0. The monoisotopic (exact) mass is 205 g/mol. The van der Waals surface area contributed by atoms with Crippen molar-refractivity contribution in [1.29, 1.82) is 0 Å². The molecule has 0 aromatic heterocycles. The summed E-state index contributed by atoms with van der Waals surface area (Å²) < 4.78 is 0. The van der Waals surface area contributed by atoms with E-state index < -0.39 is 0 Å². The van der Waals surface area contributed by atoms with Gasteiger partial charge < -0.3 is 17.3 Å². The van der Waals surface area contributed by atoms with Crippen LogP contribution >= 0.6 is 0 Å². The summed E-state index contributed by atoms with van der Waals surface area (Å²) in [7, 11) is 0. The lowest BCUT2D eigenvalue weighted by Crippen LogP contribution is -3.20. The van der Waals surface area contributed by atoms with Crippen LogP contribution in [0.25, 0.3) is 0 Å². The Balaban J connectivity index is 0.00000144. The van der Waals surface area contributed by atoms with Crippen molar-refractivity contribution >= 4 is 0 Å². The minimum Gasteiger partial charge on any atom is -1.00 e. The van der Waals surface area contributed by atoms with Gasteiger partial charge in [-0.25, -0.2) is 0 Å². The van der Waals surface area contributed by atoms with Crippen LogP contribution in [0.1, 0.15) is 47.0 Å². The first-order valence-electron chi connectivity index (χ1n) is 5.39. The number of hydrogen-bond donors (Lipinski definition) is 1. The van der Waals surface area contributed by atoms with Crippen LogP contribution in [-0.2, 0) is 0 Å². The van der Waals surface area contributed by atoms with Gasteiger partial charge >= 0.3 is 0 Å². The van der Waals surface area contributed by atoms with E-state index in [-0.39, 0.29) is 12.4 Å². The van der Waals surface area contributed by atoms with Crippen LogP contribution in [0.5, 0.6) is 0 Å². The van der Waals surface area contributed by atoms with Crippen LogP contribution in [0.15, 0.2) is 0 Å². The molecule has 0 saturated carbocycles. The highest BCUT2D eigenvalue weighted by Gasteiger charge is 2.30. The van der Waals surface area contributed by atoms with Gasteiger partial charge in [0.1, 0.15) is 0 Å². The van der Waals surface area contributed by atoms with Gasteiger partial charge in [0.2, 0.25) is 0 Å². The van der Waals surface area contributed by atoms with Crippen molar-refractivity contribution in [2.75, 3.05) is 13.1 Å². The third-order valence-corrected chi connectivity index (χ3v) is 3.26. The predicted octanol–water partition coefficient (Wildman–Crippen LogP) is -1.51. The molecule has 0 aliphatic carbocycles. The van der Waals surface area contributed by atoms with E-state index in [9.17, 15) is 0 Å². The molecule has 2 atom stereocenters. The largest absolute Gasteiger partial charge is 1.00 e. The number of halogens is 1. The Hall–Kier alpha value is 0.250. The Morgan fingerprint density at radius 3 is 2.38 bits per heavy atom. The van der Waals surface area contributed by atoms with E-state index in [2.05, 4.69) is 27.7 Å². The van der Waals surface area contributed by atoms with Crippen LogP contribution < -0.4 is 17.3 Å². The molecule has 1 N–H and O–H groups in total. The lowest BCUT2D eigenvalue weighted by molar-refractivity contribution is -0.954. The molecule has 1 fully saturated rings. The van der Waals surface area contributed by atoms with Gasteiger partial charge in [-0.15, -0.1) is 0 Å². The van der Waals surface area contributed by atoms with Crippen molar-refractivity contribution in [2.45, 2.75) is 52.5 Å². The van der Waals surface area contributed by atoms with E-state index in [4.69, 9.17) is 0 Å². The fourth-order valence-corrected chi connectivity index (χ4v) is 2.19. The van der Waals surface area contributed by atoms with Gasteiger partial charge in [0.05, 0.1) is 18.6 Å². The highest BCUT2D eigenvalue weighted by atomic mass is 35.5. The summed E-state index contributed by atoms with van der Waals surface area (Å²) in [5, 5.41) is 0. The molecule has 0 spiro atoms. The molecule has 1 rings (SSSR count). The van der Waals surface area contributed by atoms with Crippen LogP contribution in [0.3, 0.4) is 0 Å². The van der Waals surface area contributed by atoms with Crippen LogP contribution in [0.2, 0.25) is 0 Å². The molecule has 0 amide bonds. The summed E-state index contributed by atoms with van der Waals surface area (Å²) in [4.78, 5) is 1.81. The number of rotatable bonds is 1. The number of quaternary nitrogens is 1. The molecular weight excluding hydrogens is 182 g/mol. The minimum atomic E-state index is 0. The third-order valence-electron chi connectivity index (χ3n) is 3.26. The number of hydrogen-bond acceptors (Lipinski definition) is 0. The molecular formula is C11H24ClN. The van der Waals surface area contributed by atoms with Gasteiger partial charge in [0.25, 0.3) is 0 Å². The standard InChI is InChI=1S/C11H23N.ClH/c1-5-10-7-6-8-12(9-10)11(2,3)4;/h10H,5-9H2,1-4H3;1H. The van der Waals surface area contributed by atoms with E-state index in [1.165, 1.54) is 32.4 Å². The molecule has 1 heterocycles. The third kappa shape index (κ3) is 3.86. The van der Waals surface area contributed by atoms with E-state index >= 15 is 0 Å². The number of likely N-dealkylation sites (tertiary alicyclic amines) is 1. The zero-order chi connectivity index (χ0) is 9.19. The average Bonchev–Trinajstić information content (AvgIpc) is 2.03. The summed E-state index contributed by atoms with van der Waals surface area (Å²) >= 11 is 0. The SMILES string of the molecule is CCC1CCC[NH+](C(C)(C)C)C1.[Cl-]. The Kier molecular flexibility index (Phi) is 5.31. The van der Waals surface area contributed by atoms with Crippen molar-refractivity contribution in [1.82, 2.24) is 0 Å². The molecule has 2 unspecified atom stereocenters. The molecule has 0 aromatic carbocycles. The molecule has 1 saturated heterocycles. The van der Waals surface area contributed by atoms with Crippen LogP contribution in [0, 0.1) is 5.92 Å². The Bertz CT molecular complexity index is 140. The molecule has 80 valence electrons. The maximum Gasteiger partial charge on any atom is 0.0891 e. The van der Waals surface area contributed by atoms with E-state index in [1.807, 2.05) is 0 Å². The lowest BCUT2D eigenvalue weighted by atomic mass is 9.92. The van der Waals surface area contributed by atoms with E-state index in [0.717, 1.165) is 5.92 Å². The molecule has 13 heavy (non-hydrogen) atoms. The van der Waals surface area contributed by atoms with Crippen molar-refractivity contribution in [3.8, 4) is 0 Å². The summed E-state index contributed by atoms with van der Waals surface area (Å²) in [5.74, 6) is 0.993. The second-order valence-corrected chi connectivity index (χ2v) is 5.22. The van der Waals surface area contributed by atoms with Crippen LogP contribution in [-0.4, -0.2) is 18.6 Å². The topological polar surface area (TPSA) is 4.44 Å². The first-order chi connectivity index (χ1) is 5.54. The van der Waals surface area contributed by atoms with Gasteiger partial charge in [-0.2, -0.15) is 0 Å². The fraction of sp³-hybridized carbons (Fsp3) is 1.00. The second kappa shape index (κ2) is 5.21. The molecule has 0 radical (unpaired) electrons. The van der Waals surface area contributed by atoms with Gasteiger partial charge in [-0.3, -0.25) is 0 Å². The van der Waals surface area contributed by atoms with Crippen LogP contribution in [0.4, 0.5) is 0 Å². The highest BCUT2D eigenvalue weighted by Crippen LogP contribution is 2.12. The molecule has 1 nitrogen and oxygen atoms in total. The maximum absolute atomic E-state index is 2.36. The van der Waals surface area contributed by atoms with Crippen molar-refractivity contribution in [2.24, 2.45) is 5.92 Å². The van der Waals surface area contributed by atoms with Crippen molar-refractivity contribution in [3.63, 3.8) is 0 Å². The molecule has 2 heteroatoms. The molecule has 1 aliphatic rings. The zero-order valence-electron chi connectivity index (χ0n) is 9.49. The summed E-state index contributed by atoms with van der Waals surface area (Å²) in [5.41, 5.74) is 0.466. The van der Waals surface area contributed by atoms with Gasteiger partial charge in [-0.05, 0) is 40.0 Å². The van der Waals surface area contributed by atoms with E-state index in [1.54, 1.807) is 4.90 Å². The highest BCUT2D eigenvalue weighted by molar-refractivity contribution is 4.65. The van der Waals surface area contributed by atoms with Gasteiger partial charge in [0, 0.05) is 5.92 Å². The van der Waals surface area contributed by atoms with Crippen molar-refractivity contribution in [3.05, 3.63) is 0 Å². The van der Waals surface area contributed by atoms with E-state index in [0.29, 0.717) is 5.54 Å². The Morgan fingerprint density at radius 1 is 1.31 bits per heavy atom. The smallest absolute Gasteiger partial charge is 0.0891 e. The molecule has 0 aromatic rings. The molecule has 0 bridgehead atoms. The summed E-state index contributed by atoms with van der Waals surface area (Å²) in [6.45, 7) is 12.2. The summed E-state index contributed by atoms with van der Waals surface area (Å²) in [6.07, 6.45) is 4.28. The normalized spacial score (nSPS) is 29.5. The van der Waals surface area contributed by atoms with Gasteiger partial charge in [-0.1, -0.05) is 6.92 Å². The Labute approximate surface area is 89.3 Å².